The average molecular weight is 412 g/mol. The number of carbonyl (C=O) groups excluding carboxylic acids is 1. The predicted octanol–water partition coefficient (Wildman–Crippen LogP) is 4.83. The highest BCUT2D eigenvalue weighted by Gasteiger charge is 2.19. The maximum atomic E-state index is 13.0. The highest BCUT2D eigenvalue weighted by Crippen LogP contribution is 2.30. The van der Waals surface area contributed by atoms with Gasteiger partial charge in [0, 0.05) is 42.3 Å². The quantitative estimate of drug-likeness (QED) is 0.474. The van der Waals surface area contributed by atoms with Gasteiger partial charge in [-0.25, -0.2) is 0 Å². The van der Waals surface area contributed by atoms with Crippen LogP contribution < -0.4 is 10.1 Å². The van der Waals surface area contributed by atoms with E-state index in [0.29, 0.717) is 18.5 Å². The number of nitrogens with one attached hydrogen (secondary N) is 1. The highest BCUT2D eigenvalue weighted by molar-refractivity contribution is 5.97. The van der Waals surface area contributed by atoms with Crippen molar-refractivity contribution in [1.29, 1.82) is 0 Å². The van der Waals surface area contributed by atoms with E-state index in [9.17, 15) is 4.79 Å². The van der Waals surface area contributed by atoms with Crippen molar-refractivity contribution >= 4 is 5.91 Å². The molecule has 0 radical (unpaired) electrons. The number of hydrogen-bond acceptors (Lipinski definition) is 3. The van der Waals surface area contributed by atoms with Crippen LogP contribution in [0.3, 0.4) is 0 Å². The van der Waals surface area contributed by atoms with Crippen molar-refractivity contribution in [2.24, 2.45) is 0 Å². The number of rotatable bonds is 7. The molecule has 2 aromatic heterocycles. The summed E-state index contributed by atoms with van der Waals surface area (Å²) >= 11 is 0. The minimum atomic E-state index is -0.0905. The van der Waals surface area contributed by atoms with Crippen LogP contribution in [0.5, 0.6) is 5.75 Å². The molecule has 0 spiro atoms. The van der Waals surface area contributed by atoms with Crippen LogP contribution >= 0.6 is 0 Å². The van der Waals surface area contributed by atoms with Crippen molar-refractivity contribution in [2.45, 2.75) is 13.3 Å². The van der Waals surface area contributed by atoms with Gasteiger partial charge in [-0.2, -0.15) is 0 Å². The van der Waals surface area contributed by atoms with E-state index in [-0.39, 0.29) is 5.91 Å². The van der Waals surface area contributed by atoms with E-state index in [1.54, 1.807) is 13.3 Å². The van der Waals surface area contributed by atoms with Crippen molar-refractivity contribution < 1.29 is 9.53 Å². The van der Waals surface area contributed by atoms with Crippen LogP contribution in [-0.4, -0.2) is 29.1 Å². The lowest BCUT2D eigenvalue weighted by atomic mass is 10.1. The Kier molecular flexibility index (Phi) is 6.13. The first-order chi connectivity index (χ1) is 15.2. The molecule has 2 heterocycles. The molecule has 0 atom stereocenters. The molecule has 0 saturated heterocycles. The Labute approximate surface area is 182 Å². The second-order valence-corrected chi connectivity index (χ2v) is 7.26. The minimum absolute atomic E-state index is 0.0905. The number of carbonyl (C=O) groups is 1. The number of benzene rings is 2. The molecule has 0 fully saturated rings. The summed E-state index contributed by atoms with van der Waals surface area (Å²) in [5, 5.41) is 3.04. The monoisotopic (exact) mass is 411 g/mol. The first kappa shape index (κ1) is 20.4. The third-order valence-electron chi connectivity index (χ3n) is 5.27. The van der Waals surface area contributed by atoms with Crippen LogP contribution in [0.2, 0.25) is 0 Å². The maximum absolute atomic E-state index is 13.0. The lowest BCUT2D eigenvalue weighted by Gasteiger charge is -2.13. The molecule has 156 valence electrons. The molecule has 0 bridgehead atoms. The Balaban J connectivity index is 1.67. The second-order valence-electron chi connectivity index (χ2n) is 7.26. The van der Waals surface area contributed by atoms with Crippen molar-refractivity contribution in [3.63, 3.8) is 0 Å². The molecule has 4 rings (SSSR count). The van der Waals surface area contributed by atoms with Gasteiger partial charge in [0.05, 0.1) is 18.4 Å². The number of aromatic nitrogens is 2. The SMILES string of the molecule is COc1cccc(-n2c(-c3ccccc3)cc(C(=O)NCCc3ccccn3)c2C)c1. The van der Waals surface area contributed by atoms with Crippen LogP contribution in [0, 0.1) is 6.92 Å². The van der Waals surface area contributed by atoms with Gasteiger partial charge in [-0.3, -0.25) is 9.78 Å². The largest absolute Gasteiger partial charge is 0.497 e. The fourth-order valence-electron chi connectivity index (χ4n) is 3.69. The van der Waals surface area contributed by atoms with E-state index in [1.165, 1.54) is 0 Å². The molecule has 1 amide bonds. The summed E-state index contributed by atoms with van der Waals surface area (Å²) in [6, 6.07) is 25.7. The van der Waals surface area contributed by atoms with Crippen molar-refractivity contribution in [1.82, 2.24) is 14.9 Å². The topological polar surface area (TPSA) is 56.1 Å². The molecule has 0 unspecified atom stereocenters. The van der Waals surface area contributed by atoms with Gasteiger partial charge in [0.2, 0.25) is 0 Å². The molecule has 0 aliphatic carbocycles. The summed E-state index contributed by atoms with van der Waals surface area (Å²) in [6.45, 7) is 2.50. The molecule has 0 aliphatic rings. The summed E-state index contributed by atoms with van der Waals surface area (Å²) in [5.74, 6) is 0.679. The van der Waals surface area contributed by atoms with Crippen molar-refractivity contribution in [3.05, 3.63) is 102 Å². The molecule has 5 heteroatoms. The summed E-state index contributed by atoms with van der Waals surface area (Å²) in [4.78, 5) is 17.3. The van der Waals surface area contributed by atoms with Gasteiger partial charge in [-0.15, -0.1) is 0 Å². The highest BCUT2D eigenvalue weighted by atomic mass is 16.5. The third kappa shape index (κ3) is 4.51. The number of ether oxygens (including phenoxy) is 1. The van der Waals surface area contributed by atoms with Gasteiger partial charge < -0.3 is 14.6 Å². The molecule has 0 saturated carbocycles. The lowest BCUT2D eigenvalue weighted by molar-refractivity contribution is 0.0953. The van der Waals surface area contributed by atoms with Gasteiger partial charge in [0.1, 0.15) is 5.75 Å². The van der Waals surface area contributed by atoms with Gasteiger partial charge in [-0.05, 0) is 42.8 Å². The second kappa shape index (κ2) is 9.30. The van der Waals surface area contributed by atoms with Crippen LogP contribution in [0.25, 0.3) is 16.9 Å². The summed E-state index contributed by atoms with van der Waals surface area (Å²) in [6.07, 6.45) is 2.45. The van der Waals surface area contributed by atoms with E-state index >= 15 is 0 Å². The molecule has 1 N–H and O–H groups in total. The summed E-state index contributed by atoms with van der Waals surface area (Å²) in [5.41, 5.74) is 5.44. The molecular weight excluding hydrogens is 386 g/mol. The maximum Gasteiger partial charge on any atom is 0.253 e. The fourth-order valence-corrected chi connectivity index (χ4v) is 3.69. The van der Waals surface area contributed by atoms with E-state index in [1.807, 2.05) is 85.8 Å². The first-order valence-electron chi connectivity index (χ1n) is 10.3. The molecule has 31 heavy (non-hydrogen) atoms. The summed E-state index contributed by atoms with van der Waals surface area (Å²) < 4.78 is 7.52. The van der Waals surface area contributed by atoms with Crippen LogP contribution in [0.15, 0.2) is 85.1 Å². The Morgan fingerprint density at radius 3 is 2.55 bits per heavy atom. The number of methoxy groups -OCH3 is 1. The van der Waals surface area contributed by atoms with E-state index < -0.39 is 0 Å². The number of amides is 1. The molecule has 0 aliphatic heterocycles. The fraction of sp³-hybridized carbons (Fsp3) is 0.154. The zero-order chi connectivity index (χ0) is 21.6. The smallest absolute Gasteiger partial charge is 0.253 e. The Morgan fingerprint density at radius 2 is 1.81 bits per heavy atom. The van der Waals surface area contributed by atoms with Crippen LogP contribution in [0.1, 0.15) is 21.7 Å². The summed E-state index contributed by atoms with van der Waals surface area (Å²) in [7, 11) is 1.65. The standard InChI is InChI=1S/C26H25N3O2/c1-19-24(26(30)28-16-14-21-11-6-7-15-27-21)18-25(20-9-4-3-5-10-20)29(19)22-12-8-13-23(17-22)31-2/h3-13,15,17-18H,14,16H2,1-2H3,(H,28,30). The Hall–Kier alpha value is -3.86. The Morgan fingerprint density at radius 1 is 1.00 bits per heavy atom. The molecular formula is C26H25N3O2. The minimum Gasteiger partial charge on any atom is -0.497 e. The zero-order valence-corrected chi connectivity index (χ0v) is 17.7. The van der Waals surface area contributed by atoms with E-state index in [0.717, 1.165) is 34.1 Å². The Bertz CT molecular complexity index is 1170. The number of hydrogen-bond donors (Lipinski definition) is 1. The van der Waals surface area contributed by atoms with Gasteiger partial charge in [0.15, 0.2) is 0 Å². The lowest BCUT2D eigenvalue weighted by Crippen LogP contribution is -2.26. The van der Waals surface area contributed by atoms with Crippen molar-refractivity contribution in [2.75, 3.05) is 13.7 Å². The normalized spacial score (nSPS) is 10.6. The number of pyridine rings is 1. The van der Waals surface area contributed by atoms with Gasteiger partial charge >= 0.3 is 0 Å². The van der Waals surface area contributed by atoms with E-state index in [4.69, 9.17) is 4.74 Å². The first-order valence-corrected chi connectivity index (χ1v) is 10.3. The van der Waals surface area contributed by atoms with Gasteiger partial charge in [0.25, 0.3) is 5.91 Å². The average Bonchev–Trinajstić information content (AvgIpc) is 3.17. The third-order valence-corrected chi connectivity index (χ3v) is 5.27. The van der Waals surface area contributed by atoms with Gasteiger partial charge in [-0.1, -0.05) is 42.5 Å². The van der Waals surface area contributed by atoms with Crippen LogP contribution in [0.4, 0.5) is 0 Å². The van der Waals surface area contributed by atoms with Crippen molar-refractivity contribution in [3.8, 4) is 22.7 Å². The molecule has 5 nitrogen and oxygen atoms in total. The molecule has 4 aromatic rings. The zero-order valence-electron chi connectivity index (χ0n) is 17.7. The van der Waals surface area contributed by atoms with E-state index in [2.05, 4.69) is 14.9 Å². The number of nitrogens with zero attached hydrogens (tertiary/aromatic N) is 2. The molecule has 2 aromatic carbocycles. The predicted molar refractivity (Wildman–Crippen MR) is 123 cm³/mol. The van der Waals surface area contributed by atoms with Crippen LogP contribution in [-0.2, 0) is 6.42 Å².